The summed E-state index contributed by atoms with van der Waals surface area (Å²) in [5.41, 5.74) is 0. The summed E-state index contributed by atoms with van der Waals surface area (Å²) in [6, 6.07) is 0. The first-order valence-electron chi connectivity index (χ1n) is 2.21. The molecule has 0 aromatic rings. The van der Waals surface area contributed by atoms with Gasteiger partial charge >= 0.3 is 29.6 Å². The first-order valence-corrected chi connectivity index (χ1v) is 3.79. The molecule has 0 unspecified atom stereocenters. The van der Waals surface area contributed by atoms with Crippen molar-refractivity contribution < 1.29 is 52.7 Å². The summed E-state index contributed by atoms with van der Waals surface area (Å²) in [6.45, 7) is 0. The average molecular weight is 178 g/mol. The maximum Gasteiger partial charge on any atom is 1.00 e. The molecule has 56 valence electrons. The average Bonchev–Trinajstić information content (AvgIpc) is 1.59. The van der Waals surface area contributed by atoms with Gasteiger partial charge in [0.25, 0.3) is 0 Å². The van der Waals surface area contributed by atoms with Crippen LogP contribution in [0.15, 0.2) is 0 Å². The van der Waals surface area contributed by atoms with E-state index in [9.17, 15) is 13.0 Å². The van der Waals surface area contributed by atoms with Crippen LogP contribution in [0.25, 0.3) is 0 Å². The van der Waals surface area contributed by atoms with Gasteiger partial charge < -0.3 is 14.8 Å². The van der Waals surface area contributed by atoms with Crippen LogP contribution in [-0.2, 0) is 10.1 Å². The molecule has 0 amide bonds. The van der Waals surface area contributed by atoms with Gasteiger partial charge in [0.2, 0.25) is 0 Å². The molecule has 0 spiro atoms. The number of aliphatic hydroxyl groups excluding tert-OH is 1. The van der Waals surface area contributed by atoms with Crippen molar-refractivity contribution in [2.24, 2.45) is 0 Å². The van der Waals surface area contributed by atoms with Crippen LogP contribution in [0, 0.1) is 0 Å². The van der Waals surface area contributed by atoms with Crippen LogP contribution in [-0.4, -0.2) is 35.2 Å². The molecule has 0 aromatic heterocycles. The minimum absolute atomic E-state index is 0. The largest absolute Gasteiger partial charge is 1.00 e. The van der Waals surface area contributed by atoms with Gasteiger partial charge in [-0.1, -0.05) is 0 Å². The molecule has 0 aliphatic carbocycles. The molecule has 0 atom stereocenters. The quantitative estimate of drug-likeness (QED) is 0.257. The second-order valence-electron chi connectivity index (χ2n) is 1.53. The fourth-order valence-corrected chi connectivity index (χ4v) is 0.749. The maximum absolute atomic E-state index is 9.76. The molecular formula is C3H7NaO5S. The van der Waals surface area contributed by atoms with E-state index in [1.165, 1.54) is 0 Å². The van der Waals surface area contributed by atoms with Gasteiger partial charge in [0.15, 0.2) is 6.29 Å². The standard InChI is InChI=1S/C3H8O5S.Na/c4-3(5)1-2-9(6,7)8;/h3-5H,1-2H2,(H,6,7,8);/q;+1/p-1. The molecule has 10 heavy (non-hydrogen) atoms. The van der Waals surface area contributed by atoms with E-state index in [-0.39, 0.29) is 29.6 Å². The number of aliphatic hydroxyl groups is 2. The smallest absolute Gasteiger partial charge is 0.748 e. The normalized spacial score (nSPS) is 11.2. The molecule has 0 fully saturated rings. The molecule has 5 nitrogen and oxygen atoms in total. The predicted molar refractivity (Wildman–Crippen MR) is 27.4 cm³/mol. The Balaban J connectivity index is 0. The second-order valence-corrected chi connectivity index (χ2v) is 3.05. The Morgan fingerprint density at radius 2 is 1.80 bits per heavy atom. The van der Waals surface area contributed by atoms with Crippen molar-refractivity contribution in [1.82, 2.24) is 0 Å². The second kappa shape index (κ2) is 5.48. The van der Waals surface area contributed by atoms with Gasteiger partial charge in [-0.05, 0) is 0 Å². The Labute approximate surface area is 81.1 Å². The summed E-state index contributed by atoms with van der Waals surface area (Å²) < 4.78 is 29.3. The summed E-state index contributed by atoms with van der Waals surface area (Å²) >= 11 is 0. The molecule has 7 heteroatoms. The number of rotatable bonds is 3. The van der Waals surface area contributed by atoms with Crippen molar-refractivity contribution in [2.75, 3.05) is 5.75 Å². The van der Waals surface area contributed by atoms with E-state index < -0.39 is 28.6 Å². The summed E-state index contributed by atoms with van der Waals surface area (Å²) in [6.07, 6.45) is -2.14. The van der Waals surface area contributed by atoms with Gasteiger partial charge in [-0.25, -0.2) is 8.42 Å². The molecule has 0 heterocycles. The van der Waals surface area contributed by atoms with Gasteiger partial charge in [-0.3, -0.25) is 0 Å². The number of hydrogen-bond acceptors (Lipinski definition) is 5. The van der Waals surface area contributed by atoms with Crippen LogP contribution in [0.3, 0.4) is 0 Å². The summed E-state index contributed by atoms with van der Waals surface area (Å²) in [5, 5.41) is 16.1. The minimum atomic E-state index is -4.29. The van der Waals surface area contributed by atoms with Crippen molar-refractivity contribution in [3.05, 3.63) is 0 Å². The topological polar surface area (TPSA) is 97.7 Å². The zero-order valence-corrected chi connectivity index (χ0v) is 8.34. The molecule has 2 N–H and O–H groups in total. The zero-order valence-electron chi connectivity index (χ0n) is 5.52. The van der Waals surface area contributed by atoms with E-state index in [4.69, 9.17) is 10.2 Å². The van der Waals surface area contributed by atoms with Crippen LogP contribution in [0.2, 0.25) is 0 Å². The van der Waals surface area contributed by atoms with Gasteiger partial charge in [0.1, 0.15) is 0 Å². The van der Waals surface area contributed by atoms with E-state index in [0.717, 1.165) is 0 Å². The predicted octanol–water partition coefficient (Wildman–Crippen LogP) is -4.76. The van der Waals surface area contributed by atoms with Crippen molar-refractivity contribution in [2.45, 2.75) is 12.7 Å². The SMILES string of the molecule is O=S(=O)([O-])CCC(O)O.[Na+]. The van der Waals surface area contributed by atoms with Gasteiger partial charge in [-0.15, -0.1) is 0 Å². The van der Waals surface area contributed by atoms with E-state index in [0.29, 0.717) is 0 Å². The van der Waals surface area contributed by atoms with Crippen LogP contribution in [0.1, 0.15) is 6.42 Å². The van der Waals surface area contributed by atoms with Crippen LogP contribution < -0.4 is 29.6 Å². The van der Waals surface area contributed by atoms with E-state index in [1.54, 1.807) is 0 Å². The number of hydrogen-bond donors (Lipinski definition) is 2. The van der Waals surface area contributed by atoms with Crippen molar-refractivity contribution in [1.29, 1.82) is 0 Å². The molecule has 0 aliphatic heterocycles. The third-order valence-electron chi connectivity index (χ3n) is 0.626. The molecule has 0 rings (SSSR count). The fraction of sp³-hybridized carbons (Fsp3) is 1.00. The van der Waals surface area contributed by atoms with E-state index in [1.807, 2.05) is 0 Å². The summed E-state index contributed by atoms with van der Waals surface area (Å²) in [7, 11) is -4.29. The molecule has 0 saturated carbocycles. The maximum atomic E-state index is 9.76. The Hall–Kier alpha value is 0.830. The van der Waals surface area contributed by atoms with Crippen LogP contribution >= 0.6 is 0 Å². The Kier molecular flexibility index (Phi) is 7.35. The van der Waals surface area contributed by atoms with Crippen molar-refractivity contribution in [3.63, 3.8) is 0 Å². The summed E-state index contributed by atoms with van der Waals surface area (Å²) in [5.74, 6) is -0.731. The zero-order chi connectivity index (χ0) is 7.49. The van der Waals surface area contributed by atoms with Crippen LogP contribution in [0.5, 0.6) is 0 Å². The first kappa shape index (κ1) is 13.4. The van der Waals surface area contributed by atoms with Gasteiger partial charge in [0, 0.05) is 12.2 Å². The van der Waals surface area contributed by atoms with Crippen molar-refractivity contribution in [3.8, 4) is 0 Å². The monoisotopic (exact) mass is 178 g/mol. The van der Waals surface area contributed by atoms with Gasteiger partial charge in [0.05, 0.1) is 10.1 Å². The van der Waals surface area contributed by atoms with Gasteiger partial charge in [-0.2, -0.15) is 0 Å². The van der Waals surface area contributed by atoms with Crippen molar-refractivity contribution >= 4 is 10.1 Å². The third-order valence-corrected chi connectivity index (χ3v) is 1.36. The fourth-order valence-electron chi connectivity index (χ4n) is 0.250. The first-order chi connectivity index (χ1) is 3.92. The molecule has 0 aromatic carbocycles. The molecule has 0 bridgehead atoms. The molecule has 0 saturated heterocycles. The van der Waals surface area contributed by atoms with E-state index >= 15 is 0 Å². The van der Waals surface area contributed by atoms with Crippen LogP contribution in [0.4, 0.5) is 0 Å². The summed E-state index contributed by atoms with van der Waals surface area (Å²) in [4.78, 5) is 0. The molecule has 0 radical (unpaired) electrons. The molecular weight excluding hydrogens is 171 g/mol. The third kappa shape index (κ3) is 11.6. The van der Waals surface area contributed by atoms with E-state index in [2.05, 4.69) is 0 Å². The Morgan fingerprint density at radius 1 is 1.40 bits per heavy atom. The molecule has 0 aliphatic rings. The Morgan fingerprint density at radius 3 is 1.90 bits per heavy atom. The Bertz CT molecular complexity index is 162. The minimum Gasteiger partial charge on any atom is -0.748 e.